The van der Waals surface area contributed by atoms with Crippen molar-refractivity contribution in [3.05, 3.63) is 146 Å². The fraction of sp³-hybridized carbons (Fsp3) is 0.400. The van der Waals surface area contributed by atoms with Crippen LogP contribution in [-0.2, 0) is 55.9 Å². The molecular formula is C70H73Cl2F5N6O21. The summed E-state index contributed by atoms with van der Waals surface area (Å²) in [5.74, 6) is -29.7. The Labute approximate surface area is 599 Å². The van der Waals surface area contributed by atoms with Crippen molar-refractivity contribution in [3.8, 4) is 62.9 Å². The van der Waals surface area contributed by atoms with Crippen molar-refractivity contribution in [3.63, 3.8) is 0 Å². The maximum absolute atomic E-state index is 15.5. The Kier molecular flexibility index (Phi) is 24.0. The van der Waals surface area contributed by atoms with E-state index in [1.807, 2.05) is 13.8 Å². The second-order valence-electron chi connectivity index (χ2n) is 26.2. The molecule has 2 fully saturated rings. The van der Waals surface area contributed by atoms with E-state index in [0.717, 1.165) is 24.3 Å². The lowest BCUT2D eigenvalue weighted by molar-refractivity contribution is -0.333. The van der Waals surface area contributed by atoms with Gasteiger partial charge in [0, 0.05) is 55.1 Å². The van der Waals surface area contributed by atoms with Gasteiger partial charge in [0.15, 0.2) is 29.7 Å². The summed E-state index contributed by atoms with van der Waals surface area (Å²) in [5.41, 5.74) is 8.81. The predicted molar refractivity (Wildman–Crippen MR) is 354 cm³/mol. The molecule has 12 rings (SSSR count). The number of aliphatic hydroxyl groups excluding tert-OH is 5. The Bertz CT molecular complexity index is 4290. The third-order valence-corrected chi connectivity index (χ3v) is 18.5. The number of nitrogens with one attached hydrogen (secondary N) is 4. The molecule has 27 nitrogen and oxygen atoms in total. The molecule has 6 aromatic rings. The van der Waals surface area contributed by atoms with Crippen LogP contribution in [0.3, 0.4) is 0 Å². The molecule has 14 atom stereocenters. The number of phenols is 3. The van der Waals surface area contributed by atoms with Crippen LogP contribution in [0.2, 0.25) is 10.0 Å². The number of carbonyl (C=O) groups is 6. The highest BCUT2D eigenvalue weighted by Gasteiger charge is 2.51. The number of halogens is 7. The lowest BCUT2D eigenvalue weighted by atomic mass is 9.84. The van der Waals surface area contributed by atoms with Gasteiger partial charge in [0.25, 0.3) is 0 Å². The van der Waals surface area contributed by atoms with Gasteiger partial charge >= 0.3 is 5.97 Å². The van der Waals surface area contributed by atoms with Gasteiger partial charge in [0.2, 0.25) is 70.5 Å². The van der Waals surface area contributed by atoms with Gasteiger partial charge < -0.3 is 107 Å². The summed E-state index contributed by atoms with van der Waals surface area (Å²) in [6.07, 6.45) is -16.5. The van der Waals surface area contributed by atoms with E-state index in [4.69, 9.17) is 67.8 Å². The highest BCUT2D eigenvalue weighted by molar-refractivity contribution is 6.32. The van der Waals surface area contributed by atoms with Crippen molar-refractivity contribution in [2.24, 2.45) is 17.4 Å². The third kappa shape index (κ3) is 17.0. The zero-order valence-electron chi connectivity index (χ0n) is 55.6. The van der Waals surface area contributed by atoms with Crippen molar-refractivity contribution in [1.29, 1.82) is 0 Å². The first-order valence-corrected chi connectivity index (χ1v) is 33.3. The van der Waals surface area contributed by atoms with E-state index >= 15 is 18.4 Å². The number of fused-ring (bicyclic) bond motifs is 15. The molecule has 9 bridgehead atoms. The van der Waals surface area contributed by atoms with Crippen molar-refractivity contribution < 1.29 is 125 Å². The van der Waals surface area contributed by atoms with Gasteiger partial charge in [-0.1, -0.05) is 55.2 Å². The van der Waals surface area contributed by atoms with E-state index in [-0.39, 0.29) is 62.6 Å². The SMILES string of the molecule is CC(C)CCC(=O)NC1CNC(CC(N)=O)C(=O)NC2C(=O)NCc3ccc(O)c(c3)-c3c(O)cc(O)cc3[C@H](C(=O)Oc3c(F)c(F)c(F)c(F)c3F)C(=O)CCc3ccc(c(Cl)c3)Oc3cc2cc(c3OC2OC(CO)C(O)C(O)C2OC2CC(C)(N)C(O)C(C)O2)Oc2ccc(cc2Cl)C1O. The highest BCUT2D eigenvalue weighted by Crippen LogP contribution is 2.50. The molecular weight excluding hydrogens is 1430 g/mol. The molecule has 558 valence electrons. The van der Waals surface area contributed by atoms with E-state index in [2.05, 4.69) is 21.3 Å². The molecule has 6 heterocycles. The van der Waals surface area contributed by atoms with Crippen molar-refractivity contribution in [1.82, 2.24) is 21.3 Å². The van der Waals surface area contributed by atoms with Gasteiger partial charge in [-0.3, -0.25) is 28.8 Å². The molecule has 0 aliphatic carbocycles. The number of ether oxygens (including phenoxy) is 7. The summed E-state index contributed by atoms with van der Waals surface area (Å²) < 4.78 is 117. The van der Waals surface area contributed by atoms with Gasteiger partial charge in [-0.2, -0.15) is 8.78 Å². The molecule has 34 heteroatoms. The maximum atomic E-state index is 15.5. The fourth-order valence-electron chi connectivity index (χ4n) is 12.3. The smallest absolute Gasteiger partial charge is 0.326 e. The number of amides is 4. The van der Waals surface area contributed by atoms with Gasteiger partial charge in [0.05, 0.1) is 47.4 Å². The van der Waals surface area contributed by atoms with Crippen LogP contribution in [0.4, 0.5) is 22.0 Å². The zero-order chi connectivity index (χ0) is 75.7. The van der Waals surface area contributed by atoms with Crippen LogP contribution in [0.5, 0.6) is 51.7 Å². The number of hydrogen-bond acceptors (Lipinski definition) is 23. The second kappa shape index (κ2) is 32.1. The Balaban J connectivity index is 1.18. The molecule has 6 aliphatic rings. The molecule has 6 aromatic carbocycles. The van der Waals surface area contributed by atoms with E-state index in [1.54, 1.807) is 0 Å². The second-order valence-corrected chi connectivity index (χ2v) is 27.0. The Morgan fingerprint density at radius 1 is 0.760 bits per heavy atom. The summed E-state index contributed by atoms with van der Waals surface area (Å²) in [7, 11) is 0. The molecule has 4 amide bonds. The van der Waals surface area contributed by atoms with Crippen molar-refractivity contribution >= 4 is 58.6 Å². The molecule has 16 N–H and O–H groups in total. The first-order valence-electron chi connectivity index (χ1n) is 32.5. The number of benzene rings is 6. The van der Waals surface area contributed by atoms with Crippen LogP contribution < -0.4 is 51.7 Å². The number of aryl methyl sites for hydroxylation is 1. The third-order valence-electron chi connectivity index (χ3n) is 17.9. The summed E-state index contributed by atoms with van der Waals surface area (Å²) in [6.45, 7) is 4.70. The van der Waals surface area contributed by atoms with Gasteiger partial charge in [-0.05, 0) is 115 Å². The normalized spacial score (nSPS) is 26.1. The number of hydrogen-bond donors (Lipinski definition) is 14. The number of nitrogens with two attached hydrogens (primary N) is 2. The maximum Gasteiger partial charge on any atom is 0.326 e. The Hall–Kier alpha value is -9.03. The van der Waals surface area contributed by atoms with Crippen LogP contribution in [0, 0.1) is 35.0 Å². The molecule has 0 spiro atoms. The Morgan fingerprint density at radius 2 is 1.40 bits per heavy atom. The Morgan fingerprint density at radius 3 is 2.03 bits per heavy atom. The average molecular weight is 1500 g/mol. The van der Waals surface area contributed by atoms with Gasteiger partial charge in [-0.15, -0.1) is 0 Å². The molecule has 2 saturated heterocycles. The number of esters is 1. The highest BCUT2D eigenvalue weighted by atomic mass is 35.5. The standard InChI is InChI=1S/C70H73Cl2F5N6O21/c1-27(2)5-14-49(90)82-39-25-80-38(22-48(78)89)66(95)83-58-32-18-45(62(46(19-32)100-44-13-9-31(59(39)91)17-37(44)72)104-69-64(61(93)60(92)47(26-84)101-69)102-50-23-70(4,79)65(94)28(3)98-50)99-43-12-8-29(16-36(43)71)6-11-41(87)52(68(97)103-63-56(76)54(74)53(73)55(75)57(63)77)35-20-33(85)21-42(88)51(35)34-15-30(7-10-40(34)86)24-81-67(58)96/h7-10,12-13,15-21,27-28,38-39,47,50,52,58-61,64-65,69,80,84-86,88,91-94H,5-6,11,14,22-26,79H2,1-4H3,(H2,78,89)(H,81,96)(H,82,90)(H,83,95)/t28?,38?,39?,47?,50?,52-,58?,59?,60?,61?,64?,65?,69?,70?/m0/s1. The van der Waals surface area contributed by atoms with Crippen LogP contribution in [0.25, 0.3) is 11.1 Å². The fourth-order valence-corrected chi connectivity index (χ4v) is 12.8. The summed E-state index contributed by atoms with van der Waals surface area (Å²) in [6, 6.07) is 9.62. The topological polar surface area (TPSA) is 429 Å². The average Bonchev–Trinajstić information content (AvgIpc) is 0.788. The number of ketones is 1. The van der Waals surface area contributed by atoms with Crippen LogP contribution in [-0.4, -0.2) is 156 Å². The number of rotatable bonds is 13. The van der Waals surface area contributed by atoms with Crippen molar-refractivity contribution in [2.45, 2.75) is 158 Å². The summed E-state index contributed by atoms with van der Waals surface area (Å²) >= 11 is 14.1. The van der Waals surface area contributed by atoms with Crippen LogP contribution in [0.1, 0.15) is 106 Å². The van der Waals surface area contributed by atoms with E-state index in [1.165, 1.54) is 56.3 Å². The minimum absolute atomic E-state index is 0.00395. The van der Waals surface area contributed by atoms with Crippen LogP contribution in [0.15, 0.2) is 78.9 Å². The van der Waals surface area contributed by atoms with E-state index < -0.39 is 245 Å². The number of carbonyl (C=O) groups excluding carboxylic acids is 6. The summed E-state index contributed by atoms with van der Waals surface area (Å²) in [4.78, 5) is 86.5. The van der Waals surface area contributed by atoms with Gasteiger partial charge in [-0.25, -0.2) is 13.2 Å². The number of phenolic OH excluding ortho intramolecular Hbond substituents is 3. The number of aliphatic hydroxyl groups is 5. The zero-order valence-corrected chi connectivity index (χ0v) is 57.1. The quantitative estimate of drug-likeness (QED) is 0.0158. The number of primary amides is 1. The lowest BCUT2D eigenvalue weighted by Gasteiger charge is -2.47. The number of aromatic hydroxyl groups is 3. The lowest BCUT2D eigenvalue weighted by Crippen LogP contribution is -2.64. The first-order chi connectivity index (χ1) is 49.1. The minimum Gasteiger partial charge on any atom is -0.508 e. The molecule has 0 radical (unpaired) electrons. The van der Waals surface area contributed by atoms with Gasteiger partial charge in [0.1, 0.15) is 65.1 Å². The number of Topliss-reactive ketones (excluding diaryl/α,β-unsaturated/α-hetero) is 1. The summed E-state index contributed by atoms with van der Waals surface area (Å²) in [5, 5.41) is 102. The largest absolute Gasteiger partial charge is 0.508 e. The van der Waals surface area contributed by atoms with Crippen LogP contribution >= 0.6 is 23.2 Å². The molecule has 104 heavy (non-hydrogen) atoms. The molecule has 13 unspecified atom stereocenters. The molecule has 6 aliphatic heterocycles. The molecule has 0 saturated carbocycles. The predicted octanol–water partition coefficient (Wildman–Crippen LogP) is 5.95. The van der Waals surface area contributed by atoms with E-state index in [0.29, 0.717) is 18.6 Å². The molecule has 0 aromatic heterocycles. The van der Waals surface area contributed by atoms with Crippen molar-refractivity contribution in [2.75, 3.05) is 13.2 Å². The first kappa shape index (κ1) is 77.6. The monoisotopic (exact) mass is 1500 g/mol. The van der Waals surface area contributed by atoms with E-state index in [9.17, 15) is 73.2 Å². The minimum atomic E-state index is -2.63.